The molecule has 0 saturated carbocycles. The number of amides is 1. The number of hydrazine groups is 1. The predicted molar refractivity (Wildman–Crippen MR) is 94.0 cm³/mol. The molecule has 1 aliphatic rings. The highest BCUT2D eigenvalue weighted by Gasteiger charge is 2.17. The molecule has 24 heavy (non-hydrogen) atoms. The summed E-state index contributed by atoms with van der Waals surface area (Å²) >= 11 is 5.03. The minimum absolute atomic E-state index is 0.136. The van der Waals surface area contributed by atoms with E-state index in [1.807, 2.05) is 0 Å². The van der Waals surface area contributed by atoms with Gasteiger partial charge in [-0.05, 0) is 37.2 Å². The largest absolute Gasteiger partial charge is 0.376 e. The summed E-state index contributed by atoms with van der Waals surface area (Å²) < 4.78 is 29.6. The molecule has 0 aliphatic carbocycles. The van der Waals surface area contributed by atoms with Gasteiger partial charge in [0.1, 0.15) is 0 Å². The molecule has 0 radical (unpaired) electrons. The molecule has 0 spiro atoms. The van der Waals surface area contributed by atoms with Crippen LogP contribution in [0.2, 0.25) is 0 Å². The fourth-order valence-corrected chi connectivity index (χ4v) is 3.61. The van der Waals surface area contributed by atoms with E-state index < -0.39 is 15.7 Å². The van der Waals surface area contributed by atoms with Crippen molar-refractivity contribution in [3.63, 3.8) is 0 Å². The zero-order chi connectivity index (χ0) is 17.4. The third kappa shape index (κ3) is 6.06. The molecule has 1 aromatic carbocycles. The first-order valence-corrected chi connectivity index (χ1v) is 9.75. The van der Waals surface area contributed by atoms with Gasteiger partial charge in [-0.2, -0.15) is 0 Å². The summed E-state index contributed by atoms with van der Waals surface area (Å²) in [5.41, 5.74) is 4.94. The fourth-order valence-electron chi connectivity index (χ4n) is 2.22. The third-order valence-corrected chi connectivity index (χ3v) is 5.51. The zero-order valence-electron chi connectivity index (χ0n) is 13.2. The highest BCUT2D eigenvalue weighted by Crippen LogP contribution is 2.11. The Balaban J connectivity index is 1.66. The van der Waals surface area contributed by atoms with Gasteiger partial charge in [0, 0.05) is 19.6 Å². The van der Waals surface area contributed by atoms with Gasteiger partial charge in [0.2, 0.25) is 5.91 Å². The minimum atomic E-state index is -3.47. The molecule has 1 amide bonds. The standard InChI is InChI=1S/C15H21N3O4S2/c19-14(8-10-24(20,21)13-6-2-1-3-7-13)17-18-15(23)16-11-12-5-4-9-22-12/h1-3,6-7,12H,4-5,8-11H2,(H,17,19)(H2,16,18,23). The minimum Gasteiger partial charge on any atom is -0.376 e. The molecule has 1 aromatic rings. The van der Waals surface area contributed by atoms with Crippen molar-refractivity contribution in [3.8, 4) is 0 Å². The Morgan fingerprint density at radius 3 is 2.67 bits per heavy atom. The van der Waals surface area contributed by atoms with Crippen LogP contribution in [0.25, 0.3) is 0 Å². The van der Waals surface area contributed by atoms with Crippen LogP contribution in [0, 0.1) is 0 Å². The van der Waals surface area contributed by atoms with Gasteiger partial charge in [-0.1, -0.05) is 18.2 Å². The van der Waals surface area contributed by atoms with E-state index in [0.717, 1.165) is 19.4 Å². The van der Waals surface area contributed by atoms with E-state index in [1.165, 1.54) is 12.1 Å². The molecule has 0 aromatic heterocycles. The van der Waals surface area contributed by atoms with Crippen LogP contribution in [0.4, 0.5) is 0 Å². The number of rotatable bonds is 6. The Hall–Kier alpha value is -1.71. The molecule has 1 unspecified atom stereocenters. The van der Waals surface area contributed by atoms with E-state index >= 15 is 0 Å². The first-order chi connectivity index (χ1) is 11.5. The molecule has 0 bridgehead atoms. The number of nitrogens with one attached hydrogen (secondary N) is 3. The van der Waals surface area contributed by atoms with Gasteiger partial charge in [-0.15, -0.1) is 0 Å². The molecule has 2 rings (SSSR count). The number of carbonyl (C=O) groups is 1. The number of hydrogen-bond acceptors (Lipinski definition) is 5. The van der Waals surface area contributed by atoms with Gasteiger partial charge in [-0.3, -0.25) is 15.6 Å². The van der Waals surface area contributed by atoms with Crippen LogP contribution in [-0.2, 0) is 19.4 Å². The highest BCUT2D eigenvalue weighted by atomic mass is 32.2. The lowest BCUT2D eigenvalue weighted by atomic mass is 10.2. The lowest BCUT2D eigenvalue weighted by Crippen LogP contribution is -2.48. The fraction of sp³-hybridized carbons (Fsp3) is 0.467. The van der Waals surface area contributed by atoms with Crippen molar-refractivity contribution >= 4 is 33.1 Å². The van der Waals surface area contributed by atoms with Gasteiger partial charge >= 0.3 is 0 Å². The number of hydrogen-bond donors (Lipinski definition) is 3. The third-order valence-electron chi connectivity index (χ3n) is 3.53. The van der Waals surface area contributed by atoms with Crippen molar-refractivity contribution in [2.24, 2.45) is 0 Å². The van der Waals surface area contributed by atoms with Crippen molar-refractivity contribution in [2.45, 2.75) is 30.3 Å². The van der Waals surface area contributed by atoms with Crippen LogP contribution in [0.15, 0.2) is 35.2 Å². The monoisotopic (exact) mass is 371 g/mol. The SMILES string of the molecule is O=C(CCS(=O)(=O)c1ccccc1)NNC(=S)NCC1CCCO1. The number of thiocarbonyl (C=S) groups is 1. The first-order valence-electron chi connectivity index (χ1n) is 7.69. The van der Waals surface area contributed by atoms with Crippen LogP contribution in [-0.4, -0.2) is 44.4 Å². The Morgan fingerprint density at radius 2 is 2.00 bits per heavy atom. The molecule has 1 atom stereocenters. The van der Waals surface area contributed by atoms with Gasteiger partial charge in [0.15, 0.2) is 14.9 Å². The maximum Gasteiger partial charge on any atom is 0.239 e. The average molecular weight is 371 g/mol. The highest BCUT2D eigenvalue weighted by molar-refractivity contribution is 7.91. The molecule has 1 heterocycles. The van der Waals surface area contributed by atoms with Gasteiger partial charge < -0.3 is 10.1 Å². The smallest absolute Gasteiger partial charge is 0.239 e. The van der Waals surface area contributed by atoms with Crippen LogP contribution in [0.1, 0.15) is 19.3 Å². The number of carbonyl (C=O) groups excluding carboxylic acids is 1. The topological polar surface area (TPSA) is 96.5 Å². The summed E-state index contributed by atoms with van der Waals surface area (Å²) in [6, 6.07) is 8.05. The van der Waals surface area contributed by atoms with Crippen molar-refractivity contribution in [3.05, 3.63) is 30.3 Å². The van der Waals surface area contributed by atoms with Crippen molar-refractivity contribution in [1.29, 1.82) is 0 Å². The summed E-state index contributed by atoms with van der Waals surface area (Å²) in [4.78, 5) is 11.9. The first kappa shape index (κ1) is 18.6. The van der Waals surface area contributed by atoms with Crippen molar-refractivity contribution in [1.82, 2.24) is 16.2 Å². The second-order valence-corrected chi connectivity index (χ2v) is 7.92. The summed E-state index contributed by atoms with van der Waals surface area (Å²) in [6.45, 7) is 1.34. The maximum absolute atomic E-state index is 12.1. The Kier molecular flexibility index (Phi) is 6.95. The van der Waals surface area contributed by atoms with Crippen LogP contribution in [0.3, 0.4) is 0 Å². The Bertz CT molecular complexity index is 659. The van der Waals surface area contributed by atoms with Crippen LogP contribution >= 0.6 is 12.2 Å². The van der Waals surface area contributed by atoms with Gasteiger partial charge in [0.05, 0.1) is 16.8 Å². The summed E-state index contributed by atoms with van der Waals surface area (Å²) in [7, 11) is -3.47. The number of benzene rings is 1. The predicted octanol–water partition coefficient (Wildman–Crippen LogP) is 0.525. The second kappa shape index (κ2) is 8.95. The molecule has 132 valence electrons. The zero-order valence-corrected chi connectivity index (χ0v) is 14.8. The van der Waals surface area contributed by atoms with Gasteiger partial charge in [-0.25, -0.2) is 8.42 Å². The van der Waals surface area contributed by atoms with E-state index in [1.54, 1.807) is 18.2 Å². The molecule has 3 N–H and O–H groups in total. The van der Waals surface area contributed by atoms with E-state index in [9.17, 15) is 13.2 Å². The van der Waals surface area contributed by atoms with Crippen LogP contribution in [0.5, 0.6) is 0 Å². The number of sulfone groups is 1. The van der Waals surface area contributed by atoms with Crippen molar-refractivity contribution < 1.29 is 17.9 Å². The molecular weight excluding hydrogens is 350 g/mol. The van der Waals surface area contributed by atoms with Crippen LogP contribution < -0.4 is 16.2 Å². The molecule has 1 fully saturated rings. The van der Waals surface area contributed by atoms with E-state index in [0.29, 0.717) is 6.54 Å². The maximum atomic E-state index is 12.1. The summed E-state index contributed by atoms with van der Waals surface area (Å²) in [6.07, 6.45) is 2.01. The van der Waals surface area contributed by atoms with E-state index in [2.05, 4.69) is 16.2 Å². The molecule has 1 aliphatic heterocycles. The quantitative estimate of drug-likeness (QED) is 0.496. The molecule has 1 saturated heterocycles. The summed E-state index contributed by atoms with van der Waals surface area (Å²) in [5.74, 6) is -0.712. The van der Waals surface area contributed by atoms with Gasteiger partial charge in [0.25, 0.3) is 0 Å². The van der Waals surface area contributed by atoms with Crippen molar-refractivity contribution in [2.75, 3.05) is 18.9 Å². The van der Waals surface area contributed by atoms with E-state index in [-0.39, 0.29) is 28.3 Å². The number of ether oxygens (including phenoxy) is 1. The lowest BCUT2D eigenvalue weighted by Gasteiger charge is -2.14. The lowest BCUT2D eigenvalue weighted by molar-refractivity contribution is -0.121. The second-order valence-electron chi connectivity index (χ2n) is 5.40. The Labute approximate surface area is 147 Å². The Morgan fingerprint density at radius 1 is 1.25 bits per heavy atom. The molecule has 9 heteroatoms. The normalized spacial score (nSPS) is 17.2. The molecule has 7 nitrogen and oxygen atoms in total. The molecular formula is C15H21N3O4S2. The average Bonchev–Trinajstić information content (AvgIpc) is 3.10. The van der Waals surface area contributed by atoms with E-state index in [4.69, 9.17) is 17.0 Å². The summed E-state index contributed by atoms with van der Waals surface area (Å²) in [5, 5.41) is 3.21.